The van der Waals surface area contributed by atoms with Crippen LogP contribution >= 0.6 is 0 Å². The third kappa shape index (κ3) is 3.87. The molecular formula is C22H25O2. The molecule has 0 amide bonds. The minimum Gasteiger partial charge on any atom is -0.508 e. The highest BCUT2D eigenvalue weighted by Crippen LogP contribution is 2.46. The van der Waals surface area contributed by atoms with Crippen LogP contribution in [0, 0.1) is 12.0 Å². The van der Waals surface area contributed by atoms with Crippen LogP contribution in [-0.4, -0.2) is 10.9 Å². The number of rotatable bonds is 5. The van der Waals surface area contributed by atoms with E-state index in [0.29, 0.717) is 42.1 Å². The van der Waals surface area contributed by atoms with E-state index in [2.05, 4.69) is 18.2 Å². The van der Waals surface area contributed by atoms with E-state index in [1.807, 2.05) is 31.2 Å². The van der Waals surface area contributed by atoms with Crippen molar-refractivity contribution in [3.05, 3.63) is 65.7 Å². The molecule has 1 aliphatic rings. The number of hydrogen-bond acceptors (Lipinski definition) is 2. The van der Waals surface area contributed by atoms with Gasteiger partial charge in [0.05, 0.1) is 0 Å². The zero-order valence-corrected chi connectivity index (χ0v) is 14.2. The molecule has 125 valence electrons. The molecule has 1 radical (unpaired) electrons. The summed E-state index contributed by atoms with van der Waals surface area (Å²) in [5.41, 5.74) is 2.62. The second-order valence-electron chi connectivity index (χ2n) is 6.90. The molecule has 3 rings (SSSR count). The molecule has 2 aromatic rings. The van der Waals surface area contributed by atoms with E-state index in [1.54, 1.807) is 12.1 Å². The van der Waals surface area contributed by atoms with Crippen LogP contribution in [0.2, 0.25) is 0 Å². The first kappa shape index (κ1) is 16.8. The molecule has 1 aliphatic carbocycles. The Balaban J connectivity index is 1.80. The highest BCUT2D eigenvalue weighted by molar-refractivity contribution is 5.78. The Labute approximate surface area is 144 Å². The van der Waals surface area contributed by atoms with Crippen LogP contribution in [0.1, 0.15) is 62.0 Å². The fraction of sp³-hybridized carbons (Fsp3) is 0.409. The minimum absolute atomic E-state index is 0.311. The van der Waals surface area contributed by atoms with Gasteiger partial charge in [-0.05, 0) is 66.3 Å². The number of phenols is 1. The molecular weight excluding hydrogens is 296 g/mol. The number of carbonyl (C=O) groups excluding carboxylic acids is 1. The molecule has 0 aliphatic heterocycles. The Morgan fingerprint density at radius 2 is 1.79 bits per heavy atom. The maximum Gasteiger partial charge on any atom is 0.132 e. The van der Waals surface area contributed by atoms with Gasteiger partial charge in [-0.1, -0.05) is 43.3 Å². The van der Waals surface area contributed by atoms with Crippen LogP contribution in [0.25, 0.3) is 0 Å². The molecule has 1 saturated carbocycles. The second-order valence-corrected chi connectivity index (χ2v) is 6.90. The predicted octanol–water partition coefficient (Wildman–Crippen LogP) is 5.23. The van der Waals surface area contributed by atoms with Crippen LogP contribution in [-0.2, 0) is 4.79 Å². The lowest BCUT2D eigenvalue weighted by Gasteiger charge is -2.36. The van der Waals surface area contributed by atoms with E-state index in [0.717, 1.165) is 19.3 Å². The maximum atomic E-state index is 12.1. The van der Waals surface area contributed by atoms with Crippen molar-refractivity contribution in [3.8, 4) is 5.75 Å². The summed E-state index contributed by atoms with van der Waals surface area (Å²) in [6, 6.07) is 18.9. The molecule has 2 heteroatoms. The maximum absolute atomic E-state index is 12.1. The van der Waals surface area contributed by atoms with E-state index in [9.17, 15) is 9.90 Å². The van der Waals surface area contributed by atoms with Crippen molar-refractivity contribution in [1.29, 1.82) is 0 Å². The normalized spacial score (nSPS) is 23.8. The van der Waals surface area contributed by atoms with Crippen molar-refractivity contribution in [3.63, 3.8) is 0 Å². The van der Waals surface area contributed by atoms with E-state index in [-0.39, 0.29) is 0 Å². The third-order valence-corrected chi connectivity index (χ3v) is 5.40. The summed E-state index contributed by atoms with van der Waals surface area (Å²) >= 11 is 0. The number of aromatic hydroxyl groups is 1. The lowest BCUT2D eigenvalue weighted by Crippen LogP contribution is -2.25. The molecule has 0 saturated heterocycles. The first-order valence-corrected chi connectivity index (χ1v) is 8.94. The number of hydrogen-bond donors (Lipinski definition) is 1. The Kier molecular flexibility index (Phi) is 5.34. The molecule has 0 bridgehead atoms. The SMILES string of the molecule is CCC(=O)CC1CC(c2ccc(O)cc2)CCC1c1cc[c]cc1. The topological polar surface area (TPSA) is 37.3 Å². The van der Waals surface area contributed by atoms with Crippen LogP contribution < -0.4 is 0 Å². The summed E-state index contributed by atoms with van der Waals surface area (Å²) in [5.74, 6) is 2.01. The van der Waals surface area contributed by atoms with Gasteiger partial charge in [0, 0.05) is 12.8 Å². The fourth-order valence-corrected chi connectivity index (χ4v) is 4.06. The zero-order chi connectivity index (χ0) is 16.9. The molecule has 0 spiro atoms. The number of phenolic OH excluding ortho intramolecular Hbond substituents is 1. The van der Waals surface area contributed by atoms with Crippen molar-refractivity contribution >= 4 is 5.78 Å². The molecule has 0 heterocycles. The number of ketones is 1. The first-order chi connectivity index (χ1) is 11.7. The smallest absolute Gasteiger partial charge is 0.132 e. The summed E-state index contributed by atoms with van der Waals surface area (Å²) in [6.45, 7) is 1.95. The highest BCUT2D eigenvalue weighted by atomic mass is 16.3. The van der Waals surface area contributed by atoms with Crippen molar-refractivity contribution in [1.82, 2.24) is 0 Å². The van der Waals surface area contributed by atoms with Crippen molar-refractivity contribution in [2.75, 3.05) is 0 Å². The number of benzene rings is 2. The summed E-state index contributed by atoms with van der Waals surface area (Å²) < 4.78 is 0. The Morgan fingerprint density at radius 3 is 2.46 bits per heavy atom. The quantitative estimate of drug-likeness (QED) is 0.819. The van der Waals surface area contributed by atoms with E-state index >= 15 is 0 Å². The van der Waals surface area contributed by atoms with Crippen LogP contribution in [0.3, 0.4) is 0 Å². The van der Waals surface area contributed by atoms with Crippen LogP contribution in [0.15, 0.2) is 48.5 Å². The monoisotopic (exact) mass is 321 g/mol. The summed E-state index contributed by atoms with van der Waals surface area (Å²) in [4.78, 5) is 12.1. The first-order valence-electron chi connectivity index (χ1n) is 8.94. The average molecular weight is 321 g/mol. The predicted molar refractivity (Wildman–Crippen MR) is 96.1 cm³/mol. The average Bonchev–Trinajstić information content (AvgIpc) is 2.63. The Hall–Kier alpha value is -2.09. The van der Waals surface area contributed by atoms with Crippen LogP contribution in [0.5, 0.6) is 5.75 Å². The van der Waals surface area contributed by atoms with E-state index in [1.165, 1.54) is 11.1 Å². The standard InChI is InChI=1S/C22H25O2/c1-2-20(23)15-19-14-18(16-8-11-21(24)12-9-16)10-13-22(19)17-6-4-3-5-7-17/h4-9,11-12,18-19,22,24H,2,10,13-15H2,1H3. The van der Waals surface area contributed by atoms with Crippen molar-refractivity contribution < 1.29 is 9.90 Å². The molecule has 1 N–H and O–H groups in total. The van der Waals surface area contributed by atoms with E-state index in [4.69, 9.17) is 0 Å². The molecule has 0 aromatic heterocycles. The molecule has 24 heavy (non-hydrogen) atoms. The molecule has 1 fully saturated rings. The van der Waals surface area contributed by atoms with Gasteiger partial charge in [-0.2, -0.15) is 0 Å². The Bertz CT molecular complexity index is 660. The summed E-state index contributed by atoms with van der Waals surface area (Å²) in [7, 11) is 0. The van der Waals surface area contributed by atoms with Gasteiger partial charge in [0.15, 0.2) is 0 Å². The van der Waals surface area contributed by atoms with Gasteiger partial charge in [-0.3, -0.25) is 4.79 Å². The molecule has 3 atom stereocenters. The largest absolute Gasteiger partial charge is 0.508 e. The second kappa shape index (κ2) is 7.65. The van der Waals surface area contributed by atoms with Crippen molar-refractivity contribution in [2.45, 2.75) is 50.9 Å². The summed E-state index contributed by atoms with van der Waals surface area (Å²) in [6.07, 6.45) is 4.58. The van der Waals surface area contributed by atoms with Gasteiger partial charge in [-0.25, -0.2) is 0 Å². The van der Waals surface area contributed by atoms with Gasteiger partial charge in [-0.15, -0.1) is 0 Å². The highest BCUT2D eigenvalue weighted by Gasteiger charge is 2.33. The molecule has 2 nitrogen and oxygen atoms in total. The van der Waals surface area contributed by atoms with Gasteiger partial charge >= 0.3 is 0 Å². The third-order valence-electron chi connectivity index (χ3n) is 5.40. The zero-order valence-electron chi connectivity index (χ0n) is 14.2. The summed E-state index contributed by atoms with van der Waals surface area (Å²) in [5, 5.41) is 9.50. The van der Waals surface area contributed by atoms with Gasteiger partial charge < -0.3 is 5.11 Å². The molecule has 2 aromatic carbocycles. The lowest BCUT2D eigenvalue weighted by molar-refractivity contribution is -0.120. The number of carbonyl (C=O) groups is 1. The fourth-order valence-electron chi connectivity index (χ4n) is 4.06. The van der Waals surface area contributed by atoms with Gasteiger partial charge in [0.1, 0.15) is 11.5 Å². The Morgan fingerprint density at radius 1 is 1.08 bits per heavy atom. The number of Topliss-reactive ketones (excluding diaryl/α,β-unsaturated/α-hetero) is 1. The molecule has 3 unspecified atom stereocenters. The van der Waals surface area contributed by atoms with E-state index < -0.39 is 0 Å². The van der Waals surface area contributed by atoms with Gasteiger partial charge in [0.2, 0.25) is 0 Å². The van der Waals surface area contributed by atoms with Crippen LogP contribution in [0.4, 0.5) is 0 Å². The van der Waals surface area contributed by atoms with Crippen molar-refractivity contribution in [2.24, 2.45) is 5.92 Å². The lowest BCUT2D eigenvalue weighted by atomic mass is 9.68. The minimum atomic E-state index is 0.311. The van der Waals surface area contributed by atoms with Gasteiger partial charge in [0.25, 0.3) is 0 Å².